The molecule has 0 bridgehead atoms. The molecule has 15 heterocycles. The molecule has 5 saturated heterocycles. The Hall–Kier alpha value is -17.0. The second-order valence-electron chi connectivity index (χ2n) is 33.0. The van der Waals surface area contributed by atoms with E-state index in [1.165, 1.54) is 42.8 Å². The molecule has 0 saturated carbocycles. The molecule has 0 aliphatic carbocycles. The van der Waals surface area contributed by atoms with E-state index in [2.05, 4.69) is 141 Å². The van der Waals surface area contributed by atoms with Crippen molar-refractivity contribution in [1.29, 1.82) is 0 Å². The molecule has 0 radical (unpaired) electrons. The minimum atomic E-state index is -0.725. The molecule has 5 fully saturated rings. The summed E-state index contributed by atoms with van der Waals surface area (Å²) in [6, 6.07) is 9.18. The van der Waals surface area contributed by atoms with Crippen molar-refractivity contribution in [2.24, 2.45) is 63.9 Å². The predicted molar refractivity (Wildman–Crippen MR) is 516 cm³/mol. The van der Waals surface area contributed by atoms with Crippen molar-refractivity contribution in [3.05, 3.63) is 196 Å². The molecule has 18 N–H and O–H groups in total. The van der Waals surface area contributed by atoms with Gasteiger partial charge in [0.1, 0.15) is 11.6 Å². The summed E-state index contributed by atoms with van der Waals surface area (Å²) in [4.78, 5) is 161. The van der Waals surface area contributed by atoms with E-state index in [0.29, 0.717) is 62.7 Å². The van der Waals surface area contributed by atoms with Crippen LogP contribution in [0.15, 0.2) is 168 Å². The van der Waals surface area contributed by atoms with Crippen molar-refractivity contribution in [3.8, 4) is 0 Å². The molecule has 137 heavy (non-hydrogen) atoms. The molecule has 10 aromatic rings. The Bertz CT molecular complexity index is 5810. The van der Waals surface area contributed by atoms with E-state index >= 15 is 0 Å². The van der Waals surface area contributed by atoms with Crippen molar-refractivity contribution in [1.82, 2.24) is 113 Å². The molecule has 0 aromatic carbocycles. The fraction of sp³-hybridized carbons (Fsp3) is 0.360. The average molecular weight is 1880 g/mol. The normalized spacial score (nSPS) is 18.0. The maximum Gasteiger partial charge on any atom is 0.273 e. The molecule has 722 valence electrons. The van der Waals surface area contributed by atoms with Gasteiger partial charge < -0.3 is 128 Å². The summed E-state index contributed by atoms with van der Waals surface area (Å²) in [7, 11) is 13.2. The highest BCUT2D eigenvalue weighted by atomic mass is 16.2. The smallest absolute Gasteiger partial charge is 0.273 e. The Labute approximate surface area is 789 Å². The Morgan fingerprint density at radius 3 is 1.09 bits per heavy atom. The first kappa shape index (κ1) is 101. The molecule has 0 spiro atoms. The first-order valence-electron chi connectivity index (χ1n) is 43.7. The molecule has 8 atom stereocenters. The molecule has 5 aliphatic heterocycles. The lowest BCUT2D eigenvalue weighted by molar-refractivity contribution is -0.127. The second-order valence-corrected chi connectivity index (χ2v) is 33.0. The van der Waals surface area contributed by atoms with Gasteiger partial charge in [-0.2, -0.15) is 15.0 Å². The Morgan fingerprint density at radius 1 is 0.372 bits per heavy atom. The number of carbonyl (C=O) groups is 10. The van der Waals surface area contributed by atoms with Crippen LogP contribution in [0.1, 0.15) is 118 Å². The van der Waals surface area contributed by atoms with Crippen LogP contribution in [-0.2, 0) is 59.2 Å². The third-order valence-corrected chi connectivity index (χ3v) is 23.3. The molecule has 0 unspecified atom stereocenters. The van der Waals surface area contributed by atoms with Gasteiger partial charge in [0.05, 0.1) is 59.0 Å². The monoisotopic (exact) mass is 1880 g/mol. The standard InChI is InChI=1S/C19H25N7O2.C18H24N8O2.C18H23N7O2.2C17H22N8O2/c1-5-16(27)26-9-7-14(12(26)2)25(4)15-10-21-17(18(20)28)19(23-15)22-13-6-8-24(3)11-13;1-5-14(27)26-9-7-13(11(26)2)25(4)18-21-17(15(16(19)28)22-23-18)20-12-6-8-24(3)10-12;1-3-15(26)25-7-4-5-12(11-25)21-14-9-20-16(17(19)27)18(23-14)22-13-6-8-24(2)10-13;1-4-13(26)25-8-6-12(10(25)2)20-17-21-16(14(15(18)27)22-23-17)19-11-5-7-24(3)9-11;1-3-13(26)25-7-4-5-11(10-25)20-17-21-16(14(15(18)27)22-23-17)19-12-6-8-24(2)9-12/h5-6,8,10-12,14H,1,7,9H2,2-4H3,(H2,20,28)(H,22,23);5-6,8,10-11,13H,1,7,9H2,2-4H3,(H2,19,28)(H,20,21,23);3,6,8-10,12H,1,4-5,7,11H2,2H3,(H2,19,27)(H2,21,22,23);4-5,7,9-10,12H,1,6,8H2,2-3H3,(H2,18,27)(H2,19,20,21,23);3,6,8-9,11H,1,4-5,7,10H2,2H3,(H2,18,27)(H2,19,20,21,23)/t12-,14-;11-,13-;12-;10-,12-;11-/m11111/s1. The summed E-state index contributed by atoms with van der Waals surface area (Å²) in [6.07, 6.45) is 34.0. The number of likely N-dealkylation sites (N-methyl/N-ethyl adjacent to an activating group) is 2. The van der Waals surface area contributed by atoms with Crippen molar-refractivity contribution in [3.63, 3.8) is 0 Å². The maximum atomic E-state index is 12.0. The van der Waals surface area contributed by atoms with Gasteiger partial charge in [-0.25, -0.2) is 19.9 Å². The predicted octanol–water partition coefficient (Wildman–Crippen LogP) is 4.46. The lowest BCUT2D eigenvalue weighted by atomic mass is 10.1. The first-order valence-corrected chi connectivity index (χ1v) is 43.7. The van der Waals surface area contributed by atoms with Crippen LogP contribution < -0.4 is 81.0 Å². The molecule has 5 aliphatic rings. The van der Waals surface area contributed by atoms with Crippen molar-refractivity contribution < 1.29 is 47.9 Å². The van der Waals surface area contributed by atoms with Gasteiger partial charge >= 0.3 is 0 Å². The van der Waals surface area contributed by atoms with Crippen LogP contribution in [0, 0.1) is 0 Å². The number of hydrogen-bond donors (Lipinski definition) is 13. The van der Waals surface area contributed by atoms with Crippen LogP contribution in [0.25, 0.3) is 0 Å². The SMILES string of the molecule is C=CC(=O)N1CCC[C@@H](Nc2cnc(C(N)=O)c(Nc3ccn(C)c3)n2)C1.C=CC(=O)N1CCC[C@@H](Nc2nnc(C(N)=O)c(Nc3ccn(C)c3)n2)C1.C=CC(=O)N1CC[C@@H](N(C)c2cnc(C(N)=O)c(Nc3ccn(C)c3)n2)[C@H]1C.C=CC(=O)N1CC[C@@H](N(C)c2nnc(C(N)=O)c(Nc3ccn(C)c3)n2)[C@H]1C.C=CC(=O)N1CC[C@@H](Nc2nnc(C(N)=O)c(Nc3ccn(C)c3)n2)[C@H]1C. The number of primary amides is 5. The van der Waals surface area contributed by atoms with Gasteiger partial charge in [0.25, 0.3) is 29.5 Å². The van der Waals surface area contributed by atoms with Crippen LogP contribution in [0.3, 0.4) is 0 Å². The molecule has 10 amide bonds. The summed E-state index contributed by atoms with van der Waals surface area (Å²) in [5, 5.41) is 48.7. The summed E-state index contributed by atoms with van der Waals surface area (Å²) in [5.41, 5.74) is 30.8. The van der Waals surface area contributed by atoms with Gasteiger partial charge in [-0.1, -0.05) is 32.9 Å². The third kappa shape index (κ3) is 26.1. The number of aromatic nitrogens is 18. The van der Waals surface area contributed by atoms with E-state index in [-0.39, 0.29) is 142 Å². The number of anilines is 15. The average Bonchev–Trinajstić information content (AvgIpc) is 1.73. The van der Waals surface area contributed by atoms with E-state index < -0.39 is 29.5 Å². The molecule has 48 nitrogen and oxygen atoms in total. The number of nitrogens with one attached hydrogen (secondary N) is 8. The van der Waals surface area contributed by atoms with Gasteiger partial charge in [0.15, 0.2) is 57.6 Å². The van der Waals surface area contributed by atoms with Gasteiger partial charge in [-0.05, 0) is 126 Å². The molecular weight excluding hydrogens is 1760 g/mol. The number of hydrogen-bond acceptors (Lipinski definition) is 33. The first-order chi connectivity index (χ1) is 65.4. The zero-order chi connectivity index (χ0) is 99.2. The quantitative estimate of drug-likeness (QED) is 0.0276. The van der Waals surface area contributed by atoms with Crippen molar-refractivity contribution in [2.45, 2.75) is 114 Å². The zero-order valence-electron chi connectivity index (χ0n) is 77.9. The molecule has 48 heteroatoms. The molecule has 15 rings (SSSR count). The lowest BCUT2D eigenvalue weighted by Crippen LogP contribution is -2.44. The second kappa shape index (κ2) is 45.9. The summed E-state index contributed by atoms with van der Waals surface area (Å²) < 4.78 is 9.31. The van der Waals surface area contributed by atoms with Crippen molar-refractivity contribution in [2.75, 3.05) is 112 Å². The number of likely N-dealkylation sites (tertiary alicyclic amines) is 5. The summed E-state index contributed by atoms with van der Waals surface area (Å²) in [5.74, 6) is -0.730. The Kier molecular flexibility index (Phi) is 33.7. The lowest BCUT2D eigenvalue weighted by Gasteiger charge is -2.32. The van der Waals surface area contributed by atoms with Crippen LogP contribution in [0.2, 0.25) is 0 Å². The van der Waals surface area contributed by atoms with Gasteiger partial charge in [-0.15, -0.1) is 30.6 Å². The van der Waals surface area contributed by atoms with Crippen LogP contribution in [-0.4, -0.2) is 280 Å². The van der Waals surface area contributed by atoms with Crippen LogP contribution in [0.4, 0.5) is 87.0 Å². The van der Waals surface area contributed by atoms with E-state index in [0.717, 1.165) is 79.9 Å². The highest BCUT2D eigenvalue weighted by molar-refractivity contribution is 6.00. The highest BCUT2D eigenvalue weighted by Crippen LogP contribution is 2.32. The molecule has 10 aromatic heterocycles. The van der Waals surface area contributed by atoms with E-state index in [9.17, 15) is 47.9 Å². The number of aryl methyl sites for hydroxylation is 5. The van der Waals surface area contributed by atoms with E-state index in [4.69, 9.17) is 28.7 Å². The third-order valence-electron chi connectivity index (χ3n) is 23.3. The minimum Gasteiger partial charge on any atom is -0.364 e. The molecular formula is C89H116N38O10. The number of piperidine rings is 2. The van der Waals surface area contributed by atoms with Gasteiger partial charge in [-0.3, -0.25) is 47.9 Å². The number of rotatable bonds is 30. The minimum absolute atomic E-state index is 0.00125. The summed E-state index contributed by atoms with van der Waals surface area (Å²) >= 11 is 0. The Morgan fingerprint density at radius 2 is 0.708 bits per heavy atom. The number of nitrogens with zero attached hydrogens (tertiary/aromatic N) is 25. The Balaban J connectivity index is 0.000000164. The summed E-state index contributed by atoms with van der Waals surface area (Å²) in [6.45, 7) is 28.0. The fourth-order valence-electron chi connectivity index (χ4n) is 16.1. The van der Waals surface area contributed by atoms with Gasteiger partial charge in [0.2, 0.25) is 47.4 Å². The number of amides is 10. The largest absolute Gasteiger partial charge is 0.364 e. The van der Waals surface area contributed by atoms with E-state index in [1.807, 2.05) is 195 Å². The van der Waals surface area contributed by atoms with Crippen molar-refractivity contribution >= 4 is 146 Å². The van der Waals surface area contributed by atoms with Crippen LogP contribution in [0.5, 0.6) is 0 Å². The fourth-order valence-corrected chi connectivity index (χ4v) is 16.1. The van der Waals surface area contributed by atoms with Crippen LogP contribution >= 0.6 is 0 Å². The maximum absolute atomic E-state index is 12.0. The zero-order valence-corrected chi connectivity index (χ0v) is 77.9. The topological polar surface area (TPSA) is 612 Å². The highest BCUT2D eigenvalue weighted by Gasteiger charge is 2.40. The number of nitrogens with two attached hydrogens (primary N) is 5. The van der Waals surface area contributed by atoms with E-state index in [1.54, 1.807) is 24.5 Å². The number of carbonyl (C=O) groups excluding carboxylic acids is 10. The van der Waals surface area contributed by atoms with Gasteiger partial charge in [0, 0.05) is 187 Å².